The Labute approximate surface area is 196 Å². The summed E-state index contributed by atoms with van der Waals surface area (Å²) < 4.78 is 38.0. The average molecular weight is 491 g/mol. The number of hydrogen-bond donors (Lipinski definition) is 1. The maximum atomic E-state index is 13.1. The molecule has 0 radical (unpaired) electrons. The molecule has 1 aliphatic heterocycles. The summed E-state index contributed by atoms with van der Waals surface area (Å²) >= 11 is 6.01. The largest absolute Gasteiger partial charge is 0.497 e. The smallest absolute Gasteiger partial charge is 0.271 e. The van der Waals surface area contributed by atoms with Gasteiger partial charge in [-0.3, -0.25) is 9.89 Å². The Bertz CT molecular complexity index is 1250. The van der Waals surface area contributed by atoms with E-state index in [0.29, 0.717) is 16.4 Å². The van der Waals surface area contributed by atoms with Crippen molar-refractivity contribution in [3.63, 3.8) is 0 Å². The van der Waals surface area contributed by atoms with Gasteiger partial charge in [0.05, 0.1) is 19.9 Å². The van der Waals surface area contributed by atoms with Crippen LogP contribution in [-0.4, -0.2) is 74.1 Å². The molecule has 33 heavy (non-hydrogen) atoms. The molecule has 0 atom stereocenters. The molecule has 0 saturated carbocycles. The minimum absolute atomic E-state index is 0.00924. The number of aromatic nitrogens is 2. The van der Waals surface area contributed by atoms with E-state index in [1.807, 2.05) is 24.3 Å². The summed E-state index contributed by atoms with van der Waals surface area (Å²) in [5, 5.41) is 7.32. The van der Waals surface area contributed by atoms with E-state index >= 15 is 0 Å². The molecule has 11 heteroatoms. The third kappa shape index (κ3) is 4.68. The molecule has 0 bridgehead atoms. The highest BCUT2D eigenvalue weighted by atomic mass is 35.5. The average Bonchev–Trinajstić information content (AvgIpc) is 3.34. The third-order valence-electron chi connectivity index (χ3n) is 5.46. The molecule has 1 fully saturated rings. The number of halogens is 1. The normalized spacial score (nSPS) is 14.8. The predicted molar refractivity (Wildman–Crippen MR) is 123 cm³/mol. The van der Waals surface area contributed by atoms with Gasteiger partial charge in [0, 0.05) is 36.8 Å². The zero-order valence-electron chi connectivity index (χ0n) is 18.1. The SMILES string of the molecule is COc1ccc(-c2cc(C(=O)N3CCN(S(=O)(=O)c4cc(Cl)ccc4OC)CC3)[nH]n2)cc1. The van der Waals surface area contributed by atoms with Crippen molar-refractivity contribution >= 4 is 27.5 Å². The van der Waals surface area contributed by atoms with E-state index in [4.69, 9.17) is 21.1 Å². The van der Waals surface area contributed by atoms with Crippen molar-refractivity contribution in [2.75, 3.05) is 40.4 Å². The van der Waals surface area contributed by atoms with Crippen molar-refractivity contribution in [1.29, 1.82) is 0 Å². The first kappa shape index (κ1) is 23.1. The molecule has 2 aromatic carbocycles. The zero-order chi connectivity index (χ0) is 23.6. The van der Waals surface area contributed by atoms with Crippen LogP contribution < -0.4 is 9.47 Å². The minimum Gasteiger partial charge on any atom is -0.497 e. The molecule has 1 N–H and O–H groups in total. The van der Waals surface area contributed by atoms with Crippen LogP contribution in [0, 0.1) is 0 Å². The van der Waals surface area contributed by atoms with Gasteiger partial charge in [-0.15, -0.1) is 0 Å². The van der Waals surface area contributed by atoms with Crippen molar-refractivity contribution < 1.29 is 22.7 Å². The first-order valence-corrected chi connectivity index (χ1v) is 12.0. The number of nitrogens with zero attached hydrogens (tertiary/aromatic N) is 3. The Morgan fingerprint density at radius 2 is 1.70 bits per heavy atom. The summed E-state index contributed by atoms with van der Waals surface area (Å²) in [6.45, 7) is 0.808. The van der Waals surface area contributed by atoms with Crippen LogP contribution in [0.1, 0.15) is 10.5 Å². The molecule has 1 saturated heterocycles. The molecule has 9 nitrogen and oxygen atoms in total. The molecule has 0 unspecified atom stereocenters. The van der Waals surface area contributed by atoms with Gasteiger partial charge in [-0.1, -0.05) is 11.6 Å². The number of piperazine rings is 1. The highest BCUT2D eigenvalue weighted by molar-refractivity contribution is 7.89. The molecule has 2 heterocycles. The van der Waals surface area contributed by atoms with Crippen LogP contribution in [0.2, 0.25) is 5.02 Å². The fourth-order valence-electron chi connectivity index (χ4n) is 3.63. The van der Waals surface area contributed by atoms with E-state index in [2.05, 4.69) is 10.2 Å². The van der Waals surface area contributed by atoms with Gasteiger partial charge in [-0.05, 0) is 48.5 Å². The number of ether oxygens (including phenoxy) is 2. The van der Waals surface area contributed by atoms with E-state index < -0.39 is 10.0 Å². The number of sulfonamides is 1. The lowest BCUT2D eigenvalue weighted by Crippen LogP contribution is -2.50. The van der Waals surface area contributed by atoms with E-state index in [-0.39, 0.29) is 42.7 Å². The van der Waals surface area contributed by atoms with Crippen molar-refractivity contribution in [3.8, 4) is 22.8 Å². The number of amides is 1. The molecule has 4 rings (SSSR count). The van der Waals surface area contributed by atoms with E-state index in [0.717, 1.165) is 11.3 Å². The Balaban J connectivity index is 1.44. The topological polar surface area (TPSA) is 105 Å². The summed E-state index contributed by atoms with van der Waals surface area (Å²) in [4.78, 5) is 14.6. The van der Waals surface area contributed by atoms with Crippen LogP contribution in [0.15, 0.2) is 53.4 Å². The number of nitrogens with one attached hydrogen (secondary N) is 1. The Morgan fingerprint density at radius 1 is 1.00 bits per heavy atom. The Kier molecular flexibility index (Phi) is 6.59. The number of carbonyl (C=O) groups is 1. The van der Waals surface area contributed by atoms with E-state index in [1.165, 1.54) is 23.5 Å². The van der Waals surface area contributed by atoms with Gasteiger partial charge in [0.25, 0.3) is 5.91 Å². The molecule has 1 amide bonds. The zero-order valence-corrected chi connectivity index (χ0v) is 19.7. The van der Waals surface area contributed by atoms with Crippen LogP contribution >= 0.6 is 11.6 Å². The van der Waals surface area contributed by atoms with E-state index in [1.54, 1.807) is 24.1 Å². The number of carbonyl (C=O) groups excluding carboxylic acids is 1. The van der Waals surface area contributed by atoms with Crippen LogP contribution in [0.3, 0.4) is 0 Å². The molecular weight excluding hydrogens is 468 g/mol. The summed E-state index contributed by atoms with van der Waals surface area (Å²) in [6, 6.07) is 13.5. The second kappa shape index (κ2) is 9.42. The number of aromatic amines is 1. The van der Waals surface area contributed by atoms with Gasteiger partial charge in [0.1, 0.15) is 22.1 Å². The first-order chi connectivity index (χ1) is 15.8. The highest BCUT2D eigenvalue weighted by Gasteiger charge is 2.33. The lowest BCUT2D eigenvalue weighted by Gasteiger charge is -2.34. The van der Waals surface area contributed by atoms with Crippen molar-refractivity contribution in [1.82, 2.24) is 19.4 Å². The second-order valence-electron chi connectivity index (χ2n) is 7.39. The van der Waals surface area contributed by atoms with Gasteiger partial charge in [0.15, 0.2) is 0 Å². The van der Waals surface area contributed by atoms with Gasteiger partial charge in [-0.25, -0.2) is 8.42 Å². The van der Waals surface area contributed by atoms with Gasteiger partial charge in [-0.2, -0.15) is 9.40 Å². The quantitative estimate of drug-likeness (QED) is 0.569. The molecule has 0 aliphatic carbocycles. The van der Waals surface area contributed by atoms with Gasteiger partial charge < -0.3 is 14.4 Å². The van der Waals surface area contributed by atoms with E-state index in [9.17, 15) is 13.2 Å². The summed E-state index contributed by atoms with van der Waals surface area (Å²) in [5.41, 5.74) is 1.82. The van der Waals surface area contributed by atoms with Crippen molar-refractivity contribution in [3.05, 3.63) is 59.2 Å². The van der Waals surface area contributed by atoms with Crippen LogP contribution in [-0.2, 0) is 10.0 Å². The Hall–Kier alpha value is -3.08. The summed E-state index contributed by atoms with van der Waals surface area (Å²) in [5.74, 6) is 0.717. The fraction of sp³-hybridized carbons (Fsp3) is 0.273. The molecule has 1 aliphatic rings. The molecule has 0 spiro atoms. The van der Waals surface area contributed by atoms with Crippen LogP contribution in [0.4, 0.5) is 0 Å². The van der Waals surface area contributed by atoms with Gasteiger partial charge in [0.2, 0.25) is 10.0 Å². The molecule has 1 aromatic heterocycles. The maximum Gasteiger partial charge on any atom is 0.271 e. The number of H-pyrrole nitrogens is 1. The second-order valence-corrected chi connectivity index (χ2v) is 9.73. The summed E-state index contributed by atoms with van der Waals surface area (Å²) in [7, 11) is -0.823. The number of benzene rings is 2. The van der Waals surface area contributed by atoms with Crippen molar-refractivity contribution in [2.45, 2.75) is 4.90 Å². The first-order valence-electron chi connectivity index (χ1n) is 10.2. The fourth-order valence-corrected chi connectivity index (χ4v) is 5.47. The maximum absolute atomic E-state index is 13.1. The van der Waals surface area contributed by atoms with Crippen LogP contribution in [0.25, 0.3) is 11.3 Å². The summed E-state index contributed by atoms with van der Waals surface area (Å²) in [6.07, 6.45) is 0. The number of methoxy groups -OCH3 is 2. The highest BCUT2D eigenvalue weighted by Crippen LogP contribution is 2.30. The van der Waals surface area contributed by atoms with Crippen LogP contribution in [0.5, 0.6) is 11.5 Å². The third-order valence-corrected chi connectivity index (χ3v) is 7.62. The van der Waals surface area contributed by atoms with Gasteiger partial charge >= 0.3 is 0 Å². The predicted octanol–water partition coefficient (Wildman–Crippen LogP) is 2.89. The van der Waals surface area contributed by atoms with Crippen molar-refractivity contribution in [2.24, 2.45) is 0 Å². The molecule has 3 aromatic rings. The molecule has 174 valence electrons. The number of hydrogen-bond acceptors (Lipinski definition) is 6. The minimum atomic E-state index is -3.82. The lowest BCUT2D eigenvalue weighted by atomic mass is 10.1. The Morgan fingerprint density at radius 3 is 2.33 bits per heavy atom. The lowest BCUT2D eigenvalue weighted by molar-refractivity contribution is 0.0692. The monoisotopic (exact) mass is 490 g/mol. The standard InChI is InChI=1S/C22H23ClN4O5S/c1-31-17-6-3-15(4-7-17)18-14-19(25-24-18)22(28)26-9-11-27(12-10-26)33(29,30)21-13-16(23)5-8-20(21)32-2/h3-8,13-14H,9-12H2,1-2H3,(H,24,25). The number of rotatable bonds is 6. The molecular formula is C22H23ClN4O5S.